The van der Waals surface area contributed by atoms with Crippen molar-refractivity contribution >= 4 is 13.2 Å². The molecule has 0 amide bonds. The lowest BCUT2D eigenvalue weighted by molar-refractivity contribution is 0.312. The van der Waals surface area contributed by atoms with E-state index in [4.69, 9.17) is 14.8 Å². The van der Waals surface area contributed by atoms with Crippen molar-refractivity contribution in [3.63, 3.8) is 0 Å². The van der Waals surface area contributed by atoms with Crippen LogP contribution in [-0.2, 0) is 4.74 Å². The minimum atomic E-state index is -1.49. The first kappa shape index (κ1) is 8.09. The maximum absolute atomic E-state index is 8.66. The second-order valence-electron chi connectivity index (χ2n) is 2.02. The number of hydrogen-bond donors (Lipinski definition) is 2. The molecular weight excluding hydrogens is 147 g/mol. The largest absolute Gasteiger partial charge is 0.588 e. The van der Waals surface area contributed by atoms with Crippen molar-refractivity contribution in [3.05, 3.63) is 12.3 Å². The van der Waals surface area contributed by atoms with E-state index in [0.717, 1.165) is 0 Å². The van der Waals surface area contributed by atoms with Crippen molar-refractivity contribution in [1.82, 2.24) is 4.81 Å². The zero-order chi connectivity index (χ0) is 8.27. The Morgan fingerprint density at radius 3 is 2.82 bits per heavy atom. The summed E-state index contributed by atoms with van der Waals surface area (Å²) >= 11 is 0. The molecule has 5 nitrogen and oxygen atoms in total. The molecule has 0 atom stereocenters. The summed E-state index contributed by atoms with van der Waals surface area (Å²) < 4.78 is 4.79. The van der Waals surface area contributed by atoms with Crippen LogP contribution in [0.15, 0.2) is 17.3 Å². The van der Waals surface area contributed by atoms with Crippen LogP contribution in [0.1, 0.15) is 0 Å². The zero-order valence-corrected chi connectivity index (χ0v) is 6.14. The predicted octanol–water partition coefficient (Wildman–Crippen LogP) is -1.21. The lowest BCUT2D eigenvalue weighted by Crippen LogP contribution is -2.37. The van der Waals surface area contributed by atoms with Gasteiger partial charge in [0, 0.05) is 6.08 Å². The highest BCUT2D eigenvalue weighted by Crippen LogP contribution is 1.99. The highest BCUT2D eigenvalue weighted by Gasteiger charge is 2.18. The molecule has 0 saturated carbocycles. The van der Waals surface area contributed by atoms with Crippen LogP contribution in [0.5, 0.6) is 0 Å². The molecule has 1 aliphatic rings. The van der Waals surface area contributed by atoms with Crippen LogP contribution < -0.4 is 0 Å². The molecule has 11 heavy (non-hydrogen) atoms. The molecule has 6 heteroatoms. The van der Waals surface area contributed by atoms with Gasteiger partial charge in [0.05, 0.1) is 7.11 Å². The molecule has 0 aromatic carbocycles. The third-order valence-electron chi connectivity index (χ3n) is 1.30. The summed E-state index contributed by atoms with van der Waals surface area (Å²) in [6.45, 7) is 0.206. The van der Waals surface area contributed by atoms with Gasteiger partial charge < -0.3 is 19.6 Å². The molecule has 1 aliphatic heterocycles. The molecule has 0 saturated heterocycles. The number of hydrogen-bond acceptors (Lipinski definition) is 5. The van der Waals surface area contributed by atoms with Crippen LogP contribution in [-0.4, -0.2) is 41.8 Å². The van der Waals surface area contributed by atoms with Crippen molar-refractivity contribution in [2.75, 3.05) is 13.8 Å². The van der Waals surface area contributed by atoms with E-state index in [-0.39, 0.29) is 6.67 Å². The Morgan fingerprint density at radius 2 is 2.45 bits per heavy atom. The van der Waals surface area contributed by atoms with Crippen LogP contribution >= 0.6 is 0 Å². The lowest BCUT2D eigenvalue weighted by Gasteiger charge is -2.19. The molecule has 0 radical (unpaired) electrons. The second kappa shape index (κ2) is 3.40. The molecule has 0 aliphatic carbocycles. The van der Waals surface area contributed by atoms with E-state index in [1.165, 1.54) is 18.1 Å². The maximum Gasteiger partial charge on any atom is 0.588 e. The van der Waals surface area contributed by atoms with Gasteiger partial charge in [-0.2, -0.15) is 0 Å². The Balaban J connectivity index is 2.50. The van der Waals surface area contributed by atoms with Crippen molar-refractivity contribution in [2.45, 2.75) is 0 Å². The highest BCUT2D eigenvalue weighted by atomic mass is 16.5. The molecule has 0 spiro atoms. The molecule has 0 unspecified atom stereocenters. The van der Waals surface area contributed by atoms with E-state index in [0.29, 0.717) is 5.90 Å². The molecule has 1 heterocycles. The van der Waals surface area contributed by atoms with Crippen LogP contribution in [0, 0.1) is 0 Å². The lowest BCUT2D eigenvalue weighted by atomic mass is 10.1. The van der Waals surface area contributed by atoms with Crippen LogP contribution in [0.25, 0.3) is 0 Å². The van der Waals surface area contributed by atoms with Crippen molar-refractivity contribution in [1.29, 1.82) is 0 Å². The molecule has 0 fully saturated rings. The maximum atomic E-state index is 8.66. The molecule has 0 aromatic rings. The summed E-state index contributed by atoms with van der Waals surface area (Å²) in [7, 11) is 0.0159. The third kappa shape index (κ3) is 1.96. The number of methoxy groups -OCH3 is 1. The Morgan fingerprint density at radius 1 is 1.73 bits per heavy atom. The van der Waals surface area contributed by atoms with Gasteiger partial charge in [0.15, 0.2) is 0 Å². The zero-order valence-electron chi connectivity index (χ0n) is 6.14. The normalized spacial score (nSPS) is 16.3. The first-order valence-electron chi connectivity index (χ1n) is 3.12. The summed E-state index contributed by atoms with van der Waals surface area (Å²) in [6.07, 6.45) is 3.07. The van der Waals surface area contributed by atoms with E-state index in [9.17, 15) is 0 Å². The van der Waals surface area contributed by atoms with Gasteiger partial charge in [0.1, 0.15) is 6.67 Å². The summed E-state index contributed by atoms with van der Waals surface area (Å²) in [6, 6.07) is 0. The fraction of sp³-hybridized carbons (Fsp3) is 0.400. The van der Waals surface area contributed by atoms with Gasteiger partial charge in [-0.15, -0.1) is 0 Å². The highest BCUT2D eigenvalue weighted by molar-refractivity contribution is 6.38. The standard InChI is InChI=1S/C5H9BN2O3/c1-11-5-2-3-8(4-7-5)6(9)10/h2-3,9-10H,4H2,1H3. The second-order valence-corrected chi connectivity index (χ2v) is 2.02. The molecule has 0 aromatic heterocycles. The average Bonchev–Trinajstić information content (AvgIpc) is 2.05. The minimum Gasteiger partial charge on any atom is -0.481 e. The number of ether oxygens (including phenoxy) is 1. The summed E-state index contributed by atoms with van der Waals surface area (Å²) in [5.74, 6) is 0.488. The Hall–Kier alpha value is -1.01. The molecule has 1 rings (SSSR count). The van der Waals surface area contributed by atoms with Crippen LogP contribution in [0.4, 0.5) is 0 Å². The Labute approximate surface area is 64.8 Å². The quantitative estimate of drug-likeness (QED) is 0.467. The number of nitrogens with zero attached hydrogens (tertiary/aromatic N) is 2. The van der Waals surface area contributed by atoms with E-state index < -0.39 is 7.25 Å². The van der Waals surface area contributed by atoms with Gasteiger partial charge in [-0.1, -0.05) is 0 Å². The van der Waals surface area contributed by atoms with Crippen molar-refractivity contribution < 1.29 is 14.8 Å². The summed E-state index contributed by atoms with van der Waals surface area (Å²) in [4.78, 5) is 5.12. The molecule has 60 valence electrons. The number of rotatable bonds is 1. The summed E-state index contributed by atoms with van der Waals surface area (Å²) in [5.41, 5.74) is 0. The first-order chi connectivity index (χ1) is 5.24. The van der Waals surface area contributed by atoms with Gasteiger partial charge in [-0.05, 0) is 6.20 Å². The third-order valence-corrected chi connectivity index (χ3v) is 1.30. The van der Waals surface area contributed by atoms with Crippen molar-refractivity contribution in [2.24, 2.45) is 4.99 Å². The molecular formula is C5H9BN2O3. The predicted molar refractivity (Wildman–Crippen MR) is 40.5 cm³/mol. The minimum absolute atomic E-state index is 0.206. The van der Waals surface area contributed by atoms with Crippen LogP contribution in [0.3, 0.4) is 0 Å². The van der Waals surface area contributed by atoms with Crippen LogP contribution in [0.2, 0.25) is 0 Å². The SMILES string of the molecule is COC1=NCN(B(O)O)C=C1. The van der Waals surface area contributed by atoms with E-state index in [1.807, 2.05) is 0 Å². The van der Waals surface area contributed by atoms with Crippen molar-refractivity contribution in [3.8, 4) is 0 Å². The number of aliphatic imine (C=N–C) groups is 1. The van der Waals surface area contributed by atoms with Gasteiger partial charge in [-0.25, -0.2) is 4.99 Å². The topological polar surface area (TPSA) is 65.3 Å². The first-order valence-corrected chi connectivity index (χ1v) is 3.12. The van der Waals surface area contributed by atoms with E-state index in [2.05, 4.69) is 4.99 Å². The fourth-order valence-corrected chi connectivity index (χ4v) is 0.693. The molecule has 0 bridgehead atoms. The smallest absolute Gasteiger partial charge is 0.481 e. The monoisotopic (exact) mass is 156 g/mol. The summed E-state index contributed by atoms with van der Waals surface area (Å²) in [5, 5.41) is 17.3. The molecule has 2 N–H and O–H groups in total. The Bertz CT molecular complexity index is 192. The fourth-order valence-electron chi connectivity index (χ4n) is 0.693. The van der Waals surface area contributed by atoms with E-state index >= 15 is 0 Å². The van der Waals surface area contributed by atoms with E-state index in [1.54, 1.807) is 6.08 Å². The Kier molecular flexibility index (Phi) is 2.51. The van der Waals surface area contributed by atoms with Gasteiger partial charge in [0.25, 0.3) is 0 Å². The van der Waals surface area contributed by atoms with Gasteiger partial charge >= 0.3 is 7.25 Å². The average molecular weight is 156 g/mol. The van der Waals surface area contributed by atoms with Gasteiger partial charge in [0.2, 0.25) is 5.90 Å². The van der Waals surface area contributed by atoms with Gasteiger partial charge in [-0.3, -0.25) is 0 Å².